The van der Waals surface area contributed by atoms with E-state index >= 15 is 0 Å². The molecule has 0 spiro atoms. The van der Waals surface area contributed by atoms with Crippen LogP contribution in [0.25, 0.3) is 0 Å². The van der Waals surface area contributed by atoms with Gasteiger partial charge in [-0.2, -0.15) is 0 Å². The number of unbranched alkanes of at least 4 members (excludes halogenated alkanes) is 1. The highest BCUT2D eigenvalue weighted by molar-refractivity contribution is 7.99. The Labute approximate surface area is 155 Å². The molecule has 1 aromatic rings. The number of thioether (sulfide) groups is 1. The molecule has 0 amide bonds. The molecule has 25 heavy (non-hydrogen) atoms. The highest BCUT2D eigenvalue weighted by atomic mass is 32.2. The SMILES string of the molecule is CCOP(=O)(C/C(=C\CCCSc1ccccc1)C(=O)O)CC(C)C. The Hall–Kier alpha value is -1.03. The van der Waals surface area contributed by atoms with Crippen molar-refractivity contribution in [1.29, 1.82) is 0 Å². The van der Waals surface area contributed by atoms with E-state index in [1.807, 2.05) is 32.0 Å². The number of aliphatic carboxylic acids is 1. The van der Waals surface area contributed by atoms with Crippen LogP contribution in [0.3, 0.4) is 0 Å². The van der Waals surface area contributed by atoms with Gasteiger partial charge in [-0.25, -0.2) is 4.79 Å². The summed E-state index contributed by atoms with van der Waals surface area (Å²) in [6.07, 6.45) is 3.67. The molecular weight excluding hydrogens is 355 g/mol. The molecule has 0 saturated heterocycles. The van der Waals surface area contributed by atoms with E-state index in [1.54, 1.807) is 24.8 Å². The van der Waals surface area contributed by atoms with Gasteiger partial charge in [-0.05, 0) is 43.6 Å². The molecule has 4 nitrogen and oxygen atoms in total. The van der Waals surface area contributed by atoms with Crippen LogP contribution in [0.2, 0.25) is 0 Å². The van der Waals surface area contributed by atoms with Crippen LogP contribution in [-0.2, 0) is 13.9 Å². The maximum atomic E-state index is 12.9. The molecule has 0 aliphatic rings. The minimum atomic E-state index is -2.94. The second-order valence-electron chi connectivity index (χ2n) is 6.31. The van der Waals surface area contributed by atoms with E-state index in [4.69, 9.17) is 4.52 Å². The summed E-state index contributed by atoms with van der Waals surface area (Å²) in [6.45, 7) is 6.07. The van der Waals surface area contributed by atoms with Crippen LogP contribution < -0.4 is 0 Å². The Morgan fingerprint density at radius 3 is 2.56 bits per heavy atom. The fraction of sp³-hybridized carbons (Fsp3) is 0.526. The second-order valence-corrected chi connectivity index (χ2v) is 10.0. The minimum absolute atomic E-state index is 0.0141. The normalized spacial score (nSPS) is 14.5. The molecule has 0 radical (unpaired) electrons. The summed E-state index contributed by atoms with van der Waals surface area (Å²) in [5, 5.41) is 9.42. The van der Waals surface area contributed by atoms with Gasteiger partial charge in [0.2, 0.25) is 7.37 Å². The number of hydrogen-bond acceptors (Lipinski definition) is 4. The summed E-state index contributed by atoms with van der Waals surface area (Å²) in [6, 6.07) is 10.1. The third-order valence-electron chi connectivity index (χ3n) is 3.44. The Morgan fingerprint density at radius 1 is 1.32 bits per heavy atom. The van der Waals surface area contributed by atoms with Crippen LogP contribution in [0.4, 0.5) is 0 Å². The number of carboxylic acids is 1. The van der Waals surface area contributed by atoms with E-state index in [9.17, 15) is 14.5 Å². The maximum Gasteiger partial charge on any atom is 0.331 e. The van der Waals surface area contributed by atoms with Crippen molar-refractivity contribution in [2.45, 2.75) is 38.5 Å². The van der Waals surface area contributed by atoms with E-state index in [1.165, 1.54) is 4.90 Å². The Kier molecular flexibility index (Phi) is 10.2. The van der Waals surface area contributed by atoms with Crippen molar-refractivity contribution >= 4 is 25.1 Å². The van der Waals surface area contributed by atoms with Crippen molar-refractivity contribution in [3.63, 3.8) is 0 Å². The maximum absolute atomic E-state index is 12.9. The molecule has 1 atom stereocenters. The lowest BCUT2D eigenvalue weighted by atomic mass is 10.2. The van der Waals surface area contributed by atoms with E-state index in [-0.39, 0.29) is 17.7 Å². The summed E-state index contributed by atoms with van der Waals surface area (Å²) >= 11 is 1.75. The zero-order valence-corrected chi connectivity index (χ0v) is 17.0. The Bertz CT molecular complexity index is 599. The van der Waals surface area contributed by atoms with Crippen LogP contribution in [-0.4, -0.2) is 35.8 Å². The van der Waals surface area contributed by atoms with Gasteiger partial charge in [-0.15, -0.1) is 11.8 Å². The molecule has 6 heteroatoms. The number of carboxylic acid groups (broad SMARTS) is 1. The van der Waals surface area contributed by atoms with Crippen molar-refractivity contribution in [3.05, 3.63) is 42.0 Å². The lowest BCUT2D eigenvalue weighted by Gasteiger charge is -2.20. The highest BCUT2D eigenvalue weighted by Gasteiger charge is 2.27. The van der Waals surface area contributed by atoms with E-state index in [2.05, 4.69) is 12.1 Å². The largest absolute Gasteiger partial charge is 0.478 e. The van der Waals surface area contributed by atoms with Gasteiger partial charge < -0.3 is 9.63 Å². The highest BCUT2D eigenvalue weighted by Crippen LogP contribution is 2.50. The number of rotatable bonds is 12. The lowest BCUT2D eigenvalue weighted by molar-refractivity contribution is -0.132. The molecule has 0 aromatic heterocycles. The first kappa shape index (κ1) is 22.0. The van der Waals surface area contributed by atoms with Crippen molar-refractivity contribution in [2.75, 3.05) is 24.7 Å². The van der Waals surface area contributed by atoms with Gasteiger partial charge in [0.05, 0.1) is 12.8 Å². The van der Waals surface area contributed by atoms with Crippen LogP contribution >= 0.6 is 19.1 Å². The van der Waals surface area contributed by atoms with E-state index in [0.717, 1.165) is 12.2 Å². The molecule has 0 saturated carbocycles. The van der Waals surface area contributed by atoms with E-state index < -0.39 is 13.3 Å². The van der Waals surface area contributed by atoms with Crippen LogP contribution in [0.15, 0.2) is 46.9 Å². The molecule has 0 heterocycles. The smallest absolute Gasteiger partial charge is 0.331 e. The summed E-state index contributed by atoms with van der Waals surface area (Å²) in [5.41, 5.74) is 0.210. The van der Waals surface area contributed by atoms with Crippen LogP contribution in [0.1, 0.15) is 33.6 Å². The zero-order chi connectivity index (χ0) is 18.7. The van der Waals surface area contributed by atoms with Crippen LogP contribution in [0.5, 0.6) is 0 Å². The van der Waals surface area contributed by atoms with Gasteiger partial charge in [0.1, 0.15) is 0 Å². The molecule has 1 rings (SSSR count). The predicted molar refractivity (Wildman–Crippen MR) is 106 cm³/mol. The van der Waals surface area contributed by atoms with Crippen molar-refractivity contribution < 1.29 is 19.0 Å². The predicted octanol–water partition coefficient (Wildman–Crippen LogP) is 5.54. The average molecular weight is 384 g/mol. The topological polar surface area (TPSA) is 63.6 Å². The van der Waals surface area contributed by atoms with Crippen molar-refractivity contribution in [3.8, 4) is 0 Å². The molecule has 1 N–H and O–H groups in total. The third kappa shape index (κ3) is 9.29. The minimum Gasteiger partial charge on any atom is -0.478 e. The standard InChI is InChI=1S/C19H29O4PS/c1-4-23-24(22,14-16(2)3)15-17(19(20)21)10-8-9-13-25-18-11-6-5-7-12-18/h5-7,10-12,16H,4,8-9,13-15H2,1-3H3,(H,20,21)/b17-10+. The molecule has 140 valence electrons. The lowest BCUT2D eigenvalue weighted by Crippen LogP contribution is -2.12. The summed E-state index contributed by atoms with van der Waals surface area (Å²) in [7, 11) is -2.94. The Morgan fingerprint density at radius 2 is 2.00 bits per heavy atom. The molecule has 0 aliphatic carbocycles. The van der Waals surface area contributed by atoms with E-state index in [0.29, 0.717) is 19.2 Å². The molecule has 0 fully saturated rings. The van der Waals surface area contributed by atoms with Crippen molar-refractivity contribution in [2.24, 2.45) is 5.92 Å². The number of benzene rings is 1. The molecule has 1 aromatic carbocycles. The van der Waals surface area contributed by atoms with Gasteiger partial charge >= 0.3 is 5.97 Å². The van der Waals surface area contributed by atoms with Gasteiger partial charge in [0.15, 0.2) is 0 Å². The van der Waals surface area contributed by atoms with Gasteiger partial charge in [0.25, 0.3) is 0 Å². The first-order valence-corrected chi connectivity index (χ1v) is 11.7. The van der Waals surface area contributed by atoms with Gasteiger partial charge in [-0.1, -0.05) is 38.1 Å². The quantitative estimate of drug-likeness (QED) is 0.222. The monoisotopic (exact) mass is 384 g/mol. The molecule has 0 aliphatic heterocycles. The summed E-state index contributed by atoms with van der Waals surface area (Å²) in [4.78, 5) is 12.7. The number of carbonyl (C=O) groups is 1. The van der Waals surface area contributed by atoms with Crippen LogP contribution in [0, 0.1) is 5.92 Å². The second kappa shape index (κ2) is 11.6. The molecular formula is C19H29O4PS. The average Bonchev–Trinajstić information content (AvgIpc) is 2.53. The van der Waals surface area contributed by atoms with Gasteiger partial charge in [0, 0.05) is 16.6 Å². The third-order valence-corrected chi connectivity index (χ3v) is 7.38. The Balaban J connectivity index is 2.57. The zero-order valence-electron chi connectivity index (χ0n) is 15.3. The number of hydrogen-bond donors (Lipinski definition) is 1. The molecule has 1 unspecified atom stereocenters. The van der Waals surface area contributed by atoms with Crippen molar-refractivity contribution in [1.82, 2.24) is 0 Å². The fourth-order valence-electron chi connectivity index (χ4n) is 2.50. The first-order valence-electron chi connectivity index (χ1n) is 8.69. The summed E-state index contributed by atoms with van der Waals surface area (Å²) in [5.74, 6) is 0.122. The summed E-state index contributed by atoms with van der Waals surface area (Å²) < 4.78 is 18.3. The van der Waals surface area contributed by atoms with Gasteiger partial charge in [-0.3, -0.25) is 4.57 Å². The fourth-order valence-corrected chi connectivity index (χ4v) is 6.09. The molecule has 0 bridgehead atoms. The number of allylic oxidation sites excluding steroid dienone is 1. The first-order chi connectivity index (χ1) is 11.9.